The van der Waals surface area contributed by atoms with Gasteiger partial charge in [0.15, 0.2) is 5.78 Å². The van der Waals surface area contributed by atoms with Crippen LogP contribution in [0.15, 0.2) is 65.3 Å². The van der Waals surface area contributed by atoms with Gasteiger partial charge in [-0.2, -0.15) is 10.4 Å². The van der Waals surface area contributed by atoms with Crippen LogP contribution in [0, 0.1) is 29.1 Å². The van der Waals surface area contributed by atoms with E-state index in [1.807, 2.05) is 31.3 Å². The molecule has 5 heteroatoms. The molecule has 0 spiro atoms. The molecule has 1 aromatic heterocycles. The lowest BCUT2D eigenvalue weighted by atomic mass is 9.51. The molecule has 0 saturated heterocycles. The molecule has 2 aliphatic rings. The second kappa shape index (κ2) is 7.76. The molecule has 5 rings (SSSR count). The van der Waals surface area contributed by atoms with Gasteiger partial charge < -0.3 is 0 Å². The summed E-state index contributed by atoms with van der Waals surface area (Å²) in [7, 11) is 0. The topological polar surface area (TPSA) is 58.7 Å². The summed E-state index contributed by atoms with van der Waals surface area (Å²) in [6.07, 6.45) is 4.39. The highest BCUT2D eigenvalue weighted by molar-refractivity contribution is 9.10. The maximum absolute atomic E-state index is 13.0. The maximum atomic E-state index is 13.0. The first-order chi connectivity index (χ1) is 15.0. The fraction of sp³-hybridized carbons (Fsp3) is 0.346. The fourth-order valence-electron chi connectivity index (χ4n) is 5.92. The number of rotatable bonds is 3. The molecule has 2 aliphatic carbocycles. The molecule has 4 nitrogen and oxygen atoms in total. The molecule has 3 aromatic rings. The van der Waals surface area contributed by atoms with Crippen LogP contribution in [-0.2, 0) is 23.2 Å². The second-order valence-corrected chi connectivity index (χ2v) is 9.78. The molecule has 31 heavy (non-hydrogen) atoms. The Morgan fingerprint density at radius 3 is 2.65 bits per heavy atom. The van der Waals surface area contributed by atoms with Crippen LogP contribution in [0.25, 0.3) is 0 Å². The molecule has 4 atom stereocenters. The van der Waals surface area contributed by atoms with E-state index in [0.717, 1.165) is 17.3 Å². The Kier molecular flexibility index (Phi) is 5.06. The molecule has 0 N–H and O–H groups in total. The van der Waals surface area contributed by atoms with Crippen LogP contribution in [0.5, 0.6) is 0 Å². The number of ketones is 1. The number of benzene rings is 2. The molecule has 0 aliphatic heterocycles. The summed E-state index contributed by atoms with van der Waals surface area (Å²) in [5, 5.41) is 14.7. The summed E-state index contributed by atoms with van der Waals surface area (Å²) in [5.41, 5.74) is 4.43. The van der Waals surface area contributed by atoms with Crippen LogP contribution in [0.1, 0.15) is 42.1 Å². The third-order valence-electron chi connectivity index (χ3n) is 7.31. The Hall–Kier alpha value is -2.71. The number of hydrogen-bond donors (Lipinski definition) is 0. The summed E-state index contributed by atoms with van der Waals surface area (Å²) < 4.78 is 3.17. The van der Waals surface area contributed by atoms with E-state index < -0.39 is 5.92 Å². The van der Waals surface area contributed by atoms with Gasteiger partial charge in [-0.15, -0.1) is 0 Å². The van der Waals surface area contributed by atoms with Gasteiger partial charge in [0.2, 0.25) is 0 Å². The lowest BCUT2D eigenvalue weighted by Crippen LogP contribution is -2.53. The minimum atomic E-state index is -0.589. The van der Waals surface area contributed by atoms with E-state index in [1.54, 1.807) is 0 Å². The van der Waals surface area contributed by atoms with Gasteiger partial charge in [-0.3, -0.25) is 9.48 Å². The summed E-state index contributed by atoms with van der Waals surface area (Å²) in [6.45, 7) is 2.69. The molecule has 1 fully saturated rings. The predicted molar refractivity (Wildman–Crippen MR) is 122 cm³/mol. The molecule has 0 amide bonds. The van der Waals surface area contributed by atoms with Gasteiger partial charge in [-0.05, 0) is 54.0 Å². The molecule has 156 valence electrons. The van der Waals surface area contributed by atoms with Crippen LogP contribution in [0.4, 0.5) is 0 Å². The molecular weight excluding hydrogens is 450 g/mol. The number of carbonyl (C=O) groups excluding carboxylic acids is 1. The van der Waals surface area contributed by atoms with Crippen LogP contribution >= 0.6 is 15.9 Å². The highest BCUT2D eigenvalue weighted by Crippen LogP contribution is 2.56. The van der Waals surface area contributed by atoms with E-state index >= 15 is 0 Å². The fourth-order valence-corrected chi connectivity index (χ4v) is 6.18. The van der Waals surface area contributed by atoms with E-state index in [4.69, 9.17) is 5.10 Å². The number of hydrogen-bond acceptors (Lipinski definition) is 3. The van der Waals surface area contributed by atoms with E-state index in [1.165, 1.54) is 22.4 Å². The maximum Gasteiger partial charge on any atom is 0.153 e. The lowest BCUT2D eigenvalue weighted by Gasteiger charge is -2.51. The molecule has 0 bridgehead atoms. The zero-order valence-electron chi connectivity index (χ0n) is 17.5. The number of fused-ring (bicyclic) bond motifs is 3. The van der Waals surface area contributed by atoms with Crippen molar-refractivity contribution in [2.45, 2.75) is 38.1 Å². The summed E-state index contributed by atoms with van der Waals surface area (Å²) >= 11 is 3.51. The van der Waals surface area contributed by atoms with Crippen molar-refractivity contribution >= 4 is 21.7 Å². The summed E-state index contributed by atoms with van der Waals surface area (Å²) in [4.78, 5) is 13.0. The molecule has 2 aromatic carbocycles. The molecular formula is C26H24BrN3O. The number of aromatic nitrogens is 2. The first-order valence-corrected chi connectivity index (χ1v) is 11.6. The van der Waals surface area contributed by atoms with Gasteiger partial charge in [0.05, 0.1) is 24.5 Å². The smallest absolute Gasteiger partial charge is 0.153 e. The van der Waals surface area contributed by atoms with Crippen molar-refractivity contribution in [1.29, 1.82) is 5.26 Å². The van der Waals surface area contributed by atoms with Gasteiger partial charge in [0, 0.05) is 15.8 Å². The minimum Gasteiger partial charge on any atom is -0.298 e. The normalized spacial score (nSPS) is 27.3. The van der Waals surface area contributed by atoms with Crippen molar-refractivity contribution in [2.75, 3.05) is 0 Å². The predicted octanol–water partition coefficient (Wildman–Crippen LogP) is 5.29. The number of Topliss-reactive ketones (excluding diaryl/α,β-unsaturated/α-hetero) is 1. The van der Waals surface area contributed by atoms with Gasteiger partial charge in [0.1, 0.15) is 5.92 Å². The third-order valence-corrected chi connectivity index (χ3v) is 7.84. The largest absolute Gasteiger partial charge is 0.298 e. The van der Waals surface area contributed by atoms with Crippen LogP contribution in [-0.4, -0.2) is 15.6 Å². The summed E-state index contributed by atoms with van der Waals surface area (Å²) in [5.74, 6) is -0.474. The van der Waals surface area contributed by atoms with E-state index in [2.05, 4.69) is 63.1 Å². The zero-order valence-corrected chi connectivity index (χ0v) is 19.0. The van der Waals surface area contributed by atoms with E-state index in [-0.39, 0.29) is 23.0 Å². The van der Waals surface area contributed by atoms with Crippen molar-refractivity contribution in [3.63, 3.8) is 0 Å². The first-order valence-electron chi connectivity index (χ1n) is 10.8. The Morgan fingerprint density at radius 1 is 1.19 bits per heavy atom. The van der Waals surface area contributed by atoms with Gasteiger partial charge >= 0.3 is 0 Å². The van der Waals surface area contributed by atoms with Crippen molar-refractivity contribution in [2.24, 2.45) is 17.8 Å². The number of halogens is 1. The number of aryl methyl sites for hydroxylation is 1. The SMILES string of the molecule is CC1C(=O)C(C#N)C[C@]2(c3ccccc3)c3c(cnn3Cc3ccc(Br)cc3)CCC12. The Morgan fingerprint density at radius 2 is 1.94 bits per heavy atom. The average Bonchev–Trinajstić information content (AvgIpc) is 3.21. The van der Waals surface area contributed by atoms with E-state index in [0.29, 0.717) is 13.0 Å². The minimum absolute atomic E-state index is 0.0986. The quantitative estimate of drug-likeness (QED) is 0.518. The van der Waals surface area contributed by atoms with Crippen LogP contribution in [0.2, 0.25) is 0 Å². The van der Waals surface area contributed by atoms with E-state index in [9.17, 15) is 10.1 Å². The second-order valence-electron chi connectivity index (χ2n) is 8.86. The van der Waals surface area contributed by atoms with Crippen molar-refractivity contribution in [3.8, 4) is 6.07 Å². The summed E-state index contributed by atoms with van der Waals surface area (Å²) in [6, 6.07) is 21.1. The number of nitriles is 1. The number of nitrogens with zero attached hydrogens (tertiary/aromatic N) is 3. The van der Waals surface area contributed by atoms with Crippen LogP contribution in [0.3, 0.4) is 0 Å². The van der Waals surface area contributed by atoms with Crippen molar-refractivity contribution in [3.05, 3.63) is 87.7 Å². The molecule has 0 radical (unpaired) electrons. The monoisotopic (exact) mass is 473 g/mol. The van der Waals surface area contributed by atoms with Crippen molar-refractivity contribution < 1.29 is 4.79 Å². The Bertz CT molecular complexity index is 1160. The Balaban J connectivity index is 1.71. The van der Waals surface area contributed by atoms with Crippen molar-refractivity contribution in [1.82, 2.24) is 9.78 Å². The lowest BCUT2D eigenvalue weighted by molar-refractivity contribution is -0.131. The average molecular weight is 474 g/mol. The third kappa shape index (κ3) is 3.16. The van der Waals surface area contributed by atoms with Crippen LogP contribution < -0.4 is 0 Å². The molecule has 1 heterocycles. The number of carbonyl (C=O) groups is 1. The molecule has 1 saturated carbocycles. The molecule has 3 unspecified atom stereocenters. The van der Waals surface area contributed by atoms with Gasteiger partial charge in [-0.25, -0.2) is 0 Å². The van der Waals surface area contributed by atoms with Gasteiger partial charge in [-0.1, -0.05) is 65.3 Å². The standard InChI is InChI=1S/C26H24BrN3O/c1-17-23-12-9-19-15-29-30(16-18-7-10-22(27)11-8-18)25(19)26(23,13-20(14-28)24(17)31)21-5-3-2-4-6-21/h2-8,10-11,15,17,20,23H,9,12-13,16H2,1H3/t17?,20?,23?,26-/m1/s1. The zero-order chi connectivity index (χ0) is 21.6. The highest BCUT2D eigenvalue weighted by atomic mass is 79.9. The Labute approximate surface area is 191 Å². The highest BCUT2D eigenvalue weighted by Gasteiger charge is 2.56. The van der Waals surface area contributed by atoms with Gasteiger partial charge in [0.25, 0.3) is 0 Å². The first kappa shape index (κ1) is 20.2.